The molecule has 30 saturated heterocycles. The van der Waals surface area contributed by atoms with Gasteiger partial charge in [0.2, 0.25) is 0 Å². The topological polar surface area (TPSA) is 756 Å². The van der Waals surface area contributed by atoms with Crippen LogP contribution in [0.4, 0.5) is 0 Å². The van der Waals surface area contributed by atoms with Gasteiger partial charge in [-0.2, -0.15) is 82.3 Å². The van der Waals surface area contributed by atoms with Crippen LogP contribution < -0.4 is 243 Å². The molecule has 132 heavy (non-hydrogen) atoms. The first-order valence-corrected chi connectivity index (χ1v) is 47.8. The van der Waals surface area contributed by atoms with E-state index < -0.39 is 361 Å². The molecule has 61 heteroatoms. The van der Waals surface area contributed by atoms with Crippen molar-refractivity contribution in [1.29, 1.82) is 0 Å². The molecule has 0 spiro atoms. The number of aliphatic hydroxyl groups is 16. The van der Waals surface area contributed by atoms with Crippen LogP contribution >= 0.6 is 82.3 Å². The summed E-state index contributed by atoms with van der Waals surface area (Å²) in [4.78, 5) is 83.1. The van der Waals surface area contributed by atoms with E-state index in [-0.39, 0.29) is 265 Å². The number of hydrogen-bond acceptors (Lipinski definition) is 54. The van der Waals surface area contributed by atoms with Gasteiger partial charge in [0.25, 0.3) is 0 Å². The van der Waals surface area contributed by atoms with Crippen molar-refractivity contribution in [1.82, 2.24) is 4.90 Å². The van der Waals surface area contributed by atoms with Gasteiger partial charge in [0.15, 0.2) is 50.3 Å². The van der Waals surface area contributed by atoms with E-state index in [4.69, 9.17) is 75.8 Å². The van der Waals surface area contributed by atoms with Crippen LogP contribution in [0.2, 0.25) is 0 Å². The summed E-state index contributed by atoms with van der Waals surface area (Å²) >= 11 is 5.91. The quantitative estimate of drug-likeness (QED) is 0.0203. The zero-order valence-electron chi connectivity index (χ0n) is 73.9. The average Bonchev–Trinajstić information content (AvgIpc) is 0.768. The number of likely N-dealkylation sites (N-methyl/N-ethyl adjacent to an activating group) is 1. The third kappa shape index (κ3) is 38.5. The monoisotopic (exact) mass is 2090 g/mol. The van der Waals surface area contributed by atoms with Gasteiger partial charge in [-0.1, -0.05) is 0 Å². The predicted molar refractivity (Wildman–Crippen MR) is 412 cm³/mol. The van der Waals surface area contributed by atoms with Crippen molar-refractivity contribution < 1.29 is 434 Å². The molecule has 40 atom stereocenters. The number of carbonyl (C=O) groups excluding carboxylic acids is 7. The minimum Gasteiger partial charge on any atom is -0.550 e. The number of nitrogens with zero attached hydrogens (tertiary/aromatic N) is 1. The van der Waals surface area contributed by atoms with Gasteiger partial charge >= 0.3 is 207 Å². The third-order valence-corrected chi connectivity index (χ3v) is 28.5. The summed E-state index contributed by atoms with van der Waals surface area (Å²) in [5.41, 5.74) is 0. The summed E-state index contributed by atoms with van der Waals surface area (Å²) in [5.74, 6) is -14.8. The van der Waals surface area contributed by atoms with Crippen molar-refractivity contribution in [2.24, 2.45) is 0 Å². The largest absolute Gasteiger partial charge is 1.00 e. The molecule has 16 bridgehead atoms. The van der Waals surface area contributed by atoms with Gasteiger partial charge < -0.3 is 232 Å². The second-order valence-electron chi connectivity index (χ2n) is 30.6. The summed E-state index contributed by atoms with van der Waals surface area (Å²) in [5, 5.41) is 276. The molecule has 30 rings (SSSR count). The molecule has 720 valence electrons. The van der Waals surface area contributed by atoms with E-state index in [1.54, 1.807) is 0 Å². The molecular weight excluding hydrogens is 1990 g/mol. The third-order valence-electron chi connectivity index (χ3n) is 21.1. The Morgan fingerprint density at radius 3 is 0.432 bits per heavy atom. The Balaban J connectivity index is 0.00000842. The van der Waals surface area contributed by atoms with E-state index in [1.807, 2.05) is 0 Å². The van der Waals surface area contributed by atoms with Crippen LogP contribution in [0.25, 0.3) is 0 Å². The van der Waals surface area contributed by atoms with E-state index in [0.29, 0.717) is 0 Å². The Bertz CT molecular complexity index is 3270. The van der Waals surface area contributed by atoms with Gasteiger partial charge in [0.05, 0.1) is 42.7 Å². The minimum absolute atomic E-state index is 0. The molecule has 30 aliphatic heterocycles. The van der Waals surface area contributed by atoms with Crippen LogP contribution in [0.1, 0.15) is 44.9 Å². The number of hydrogen-bond donors (Lipinski definition) is 16. The summed E-state index contributed by atoms with van der Waals surface area (Å²) < 4.78 is 99.8. The fourth-order valence-electron chi connectivity index (χ4n) is 14.7. The first-order chi connectivity index (χ1) is 59.2. The Labute approximate surface area is 942 Å². The number of carboxylic acid groups (broad SMARTS) is 7. The van der Waals surface area contributed by atoms with Crippen LogP contribution in [-0.2, 0) is 109 Å². The van der Waals surface area contributed by atoms with Gasteiger partial charge in [-0.3, -0.25) is 0 Å². The van der Waals surface area contributed by atoms with Gasteiger partial charge in [0.1, 0.15) is 153 Å². The normalized spacial score (nSPS) is 40.1. The minimum atomic E-state index is -2.35. The molecule has 0 radical (unpaired) electrons. The summed E-state index contributed by atoms with van der Waals surface area (Å²) in [6.45, 7) is -0.274. The number of carboxylic acids is 7. The second-order valence-corrected chi connectivity index (χ2v) is 38.7. The smallest absolute Gasteiger partial charge is 0.550 e. The van der Waals surface area contributed by atoms with Crippen molar-refractivity contribution in [3.8, 4) is 0 Å². The Kier molecular flexibility index (Phi) is 65.6. The summed E-state index contributed by atoms with van der Waals surface area (Å²) in [6.07, 6.45) is -85.9. The molecule has 0 aromatic rings. The van der Waals surface area contributed by atoms with Crippen LogP contribution in [-0.4, -0.2) is 475 Å². The predicted octanol–water partition coefficient (Wildman–Crippen LogP) is -38.6. The Hall–Kier alpha value is 4.42. The average molecular weight is 2090 g/mol. The number of aliphatic carboxylic acids is 7. The molecule has 47 nitrogen and oxygen atoms in total. The zero-order chi connectivity index (χ0) is 91.5. The molecular formula is C71H106NNa7O46S7. The van der Waals surface area contributed by atoms with Crippen molar-refractivity contribution in [3.63, 3.8) is 0 Å². The molecule has 16 N–H and O–H groups in total. The number of rotatable bonds is 37. The molecule has 0 saturated carbocycles. The molecule has 3 unspecified atom stereocenters. The standard InChI is InChI=1S/C71H113NO46S7.7Na/c1-72(2)17-25-56-40(87)48(95)64(103-25)112-57-26(18-119-10-3-33(73)74)105-66(50(97)42(57)89)114-59-28(20-121-12-5-35(77)78)107-68(52(99)44(59)91)116-61-30(22-123-14-7-37(81)82)109-70(54(101)46(61)93)118-63-32(24-125-16-9-39(85)86)110-71(55(102)47(63)94)117-62-31(23-124-15-8-38(83)84)108-69(53(100)45(62)92)115-60-29(21-122-13-6-36(79)80)106-67(51(98)43(60)90)113-58-27(19-120-11-4-34(75)76)104-65(111-56)49(96)41(58)88;;;;;;;/h25-32,40-71,87-102H,3-24H2,1-2H3,(H,73,74)(H,75,76)(H,77,78)(H,79,80)(H,81,82)(H,83,84)(H,85,86);;;;;;;/q;7*+1/p-7/t25-,26-,27-,28-,29-,30-,31-,32-,40-,41-,42?,43-,44-,45?,46-,47-,48-,49-,50-,51-,52-,53-,54-,55-,56-,57-,58-,59-,60-,61-,62-,63-,64-,65-,66-,67-,68?,69-,70-,71-;;;;;;;/m1......./s1. The molecule has 30 heterocycles. The van der Waals surface area contributed by atoms with Crippen molar-refractivity contribution >= 4 is 124 Å². The van der Waals surface area contributed by atoms with E-state index in [1.165, 1.54) is 19.0 Å². The van der Waals surface area contributed by atoms with Crippen LogP contribution in [0.15, 0.2) is 0 Å². The summed E-state index contributed by atoms with van der Waals surface area (Å²) in [6, 6.07) is 0. The van der Waals surface area contributed by atoms with Crippen LogP contribution in [0.5, 0.6) is 0 Å². The van der Waals surface area contributed by atoms with E-state index in [2.05, 4.69) is 0 Å². The van der Waals surface area contributed by atoms with Gasteiger partial charge in [-0.05, 0) is 99.3 Å². The number of ether oxygens (including phenoxy) is 16. The maximum Gasteiger partial charge on any atom is 1.00 e. The fraction of sp³-hybridized carbons (Fsp3) is 0.901. The Morgan fingerprint density at radius 1 is 0.205 bits per heavy atom. The molecule has 0 aromatic heterocycles. The maximum atomic E-state index is 12.2. The van der Waals surface area contributed by atoms with E-state index in [0.717, 1.165) is 82.3 Å². The van der Waals surface area contributed by atoms with Crippen LogP contribution in [0.3, 0.4) is 0 Å². The number of thioether (sulfide) groups is 7. The van der Waals surface area contributed by atoms with Crippen molar-refractivity contribution in [2.45, 2.75) is 291 Å². The second kappa shape index (κ2) is 65.4. The SMILES string of the molecule is CN(C)C[C@H]1O[C@@H]2O[C@H]3C(O)[C@@H](O)[C@@H](O[C@H]4[C@H](O)[C@@H](O)C(O[C@H]5[C@H](O)[C@@H](O)[C@@H](O[C@H]6[C@H](O)[C@@H](O)[C@H](O[C@@H]6CSCCC(=O)[O-])O[C@H]6C(O)[C@@H](O)[C@@H](O[C@H]7[C@H](O)[C@@H](O)[C@@H](O[C@H]8[C@H](O)[C@@H](O)[C@@H](O[C@H]1[C@H](O)[C@H]2O)O[C@@H]8CSCCC(=O)[O-])O[C@@H]7CSCCC(=O)[O-])O[C@@H]6CSCCC(=O)[O-])O[C@@H]5CSCCC(=O)[O-])O[C@@H]4CSCCC(=O)[O-])O[C@@H]3CSCCC(=O)[O-].[Na+].[Na+].[Na+].[Na+].[Na+].[Na+].[Na+]. The Morgan fingerprint density at radius 2 is 0.318 bits per heavy atom. The first kappa shape index (κ1) is 132. The molecule has 0 aromatic carbocycles. The van der Waals surface area contributed by atoms with Crippen molar-refractivity contribution in [2.75, 3.05) is 101 Å². The fourth-order valence-corrected chi connectivity index (χ4v) is 21.5. The first-order valence-electron chi connectivity index (χ1n) is 39.7. The molecule has 30 aliphatic rings. The number of carbonyl (C=O) groups is 7. The van der Waals surface area contributed by atoms with Gasteiger partial charge in [0, 0.05) is 88.6 Å². The number of aliphatic hydroxyl groups excluding tert-OH is 16. The zero-order valence-corrected chi connectivity index (χ0v) is 93.6. The molecule has 30 fully saturated rings. The maximum absolute atomic E-state index is 12.2. The molecule has 0 aliphatic carbocycles. The van der Waals surface area contributed by atoms with Crippen LogP contribution in [0, 0.1) is 0 Å². The van der Waals surface area contributed by atoms with Crippen molar-refractivity contribution in [3.05, 3.63) is 0 Å². The summed E-state index contributed by atoms with van der Waals surface area (Å²) in [7, 11) is 3.05. The van der Waals surface area contributed by atoms with Gasteiger partial charge in [-0.25, -0.2) is 0 Å². The van der Waals surface area contributed by atoms with Gasteiger partial charge in [-0.15, -0.1) is 0 Å². The van der Waals surface area contributed by atoms with E-state index in [9.17, 15) is 151 Å². The molecule has 0 amide bonds. The van der Waals surface area contributed by atoms with E-state index >= 15 is 0 Å².